The Bertz CT molecular complexity index is 780. The highest BCUT2D eigenvalue weighted by Crippen LogP contribution is 2.09. The molecule has 1 aliphatic rings. The van der Waals surface area contributed by atoms with Crippen molar-refractivity contribution < 1.29 is 9.53 Å². The third-order valence-corrected chi connectivity index (χ3v) is 4.18. The van der Waals surface area contributed by atoms with Gasteiger partial charge < -0.3 is 10.1 Å². The Labute approximate surface area is 146 Å². The van der Waals surface area contributed by atoms with E-state index >= 15 is 0 Å². The van der Waals surface area contributed by atoms with Crippen molar-refractivity contribution in [3.05, 3.63) is 63.6 Å². The number of nitrogens with zero attached hydrogens (tertiary/aromatic N) is 3. The van der Waals surface area contributed by atoms with Gasteiger partial charge in [-0.15, -0.1) is 0 Å². The third-order valence-electron chi connectivity index (χ3n) is 4.18. The first kappa shape index (κ1) is 17.3. The fraction of sp³-hybridized carbons (Fsp3) is 0.389. The minimum atomic E-state index is -0.298. The van der Waals surface area contributed by atoms with Crippen LogP contribution in [0.4, 0.5) is 0 Å². The molecular formula is C18H22N4O3. The van der Waals surface area contributed by atoms with Crippen LogP contribution in [0.25, 0.3) is 0 Å². The van der Waals surface area contributed by atoms with E-state index in [-0.39, 0.29) is 17.2 Å². The fourth-order valence-electron chi connectivity index (χ4n) is 2.68. The van der Waals surface area contributed by atoms with Crippen LogP contribution in [0.1, 0.15) is 21.6 Å². The van der Waals surface area contributed by atoms with Crippen molar-refractivity contribution in [2.45, 2.75) is 13.1 Å². The summed E-state index contributed by atoms with van der Waals surface area (Å²) < 4.78 is 6.50. The van der Waals surface area contributed by atoms with Gasteiger partial charge in [-0.05, 0) is 17.2 Å². The smallest absolute Gasteiger partial charge is 0.271 e. The Morgan fingerprint density at radius 3 is 2.48 bits per heavy atom. The zero-order valence-corrected chi connectivity index (χ0v) is 14.3. The predicted octanol–water partition coefficient (Wildman–Crippen LogP) is 0.542. The molecule has 1 saturated heterocycles. The largest absolute Gasteiger partial charge is 0.379 e. The maximum Gasteiger partial charge on any atom is 0.271 e. The Hall–Kier alpha value is -2.51. The number of hydrogen-bond acceptors (Lipinski definition) is 5. The lowest BCUT2D eigenvalue weighted by Gasteiger charge is -2.26. The molecule has 3 rings (SSSR count). The molecule has 1 fully saturated rings. The summed E-state index contributed by atoms with van der Waals surface area (Å²) in [5, 5.41) is 6.76. The normalized spacial score (nSPS) is 15.1. The number of carbonyl (C=O) groups excluding carboxylic acids is 1. The van der Waals surface area contributed by atoms with E-state index in [0.29, 0.717) is 6.54 Å². The molecule has 1 aliphatic heterocycles. The van der Waals surface area contributed by atoms with Gasteiger partial charge in [-0.3, -0.25) is 14.5 Å². The number of benzene rings is 1. The van der Waals surface area contributed by atoms with Gasteiger partial charge in [-0.1, -0.05) is 24.3 Å². The third kappa shape index (κ3) is 4.74. The molecule has 7 nitrogen and oxygen atoms in total. The van der Waals surface area contributed by atoms with Gasteiger partial charge >= 0.3 is 0 Å². The first-order valence-corrected chi connectivity index (χ1v) is 8.32. The van der Waals surface area contributed by atoms with Gasteiger partial charge in [0.2, 0.25) is 0 Å². The van der Waals surface area contributed by atoms with Crippen molar-refractivity contribution in [3.63, 3.8) is 0 Å². The lowest BCUT2D eigenvalue weighted by molar-refractivity contribution is 0.0342. The van der Waals surface area contributed by atoms with Crippen molar-refractivity contribution in [1.29, 1.82) is 0 Å². The summed E-state index contributed by atoms with van der Waals surface area (Å²) in [6, 6.07) is 11.0. The lowest BCUT2D eigenvalue weighted by Crippen LogP contribution is -2.35. The Morgan fingerprint density at radius 1 is 1.12 bits per heavy atom. The van der Waals surface area contributed by atoms with E-state index in [1.54, 1.807) is 0 Å². The van der Waals surface area contributed by atoms with Gasteiger partial charge in [0.1, 0.15) is 5.69 Å². The molecule has 0 spiro atoms. The SMILES string of the molecule is Cn1nc(C(=O)NCc2ccc(CN3CCOCC3)cc2)ccc1=O. The van der Waals surface area contributed by atoms with Gasteiger partial charge in [0.25, 0.3) is 11.5 Å². The van der Waals surface area contributed by atoms with E-state index in [2.05, 4.69) is 27.4 Å². The van der Waals surface area contributed by atoms with E-state index in [0.717, 1.165) is 43.1 Å². The molecule has 0 saturated carbocycles. The number of ether oxygens (including phenoxy) is 1. The predicted molar refractivity (Wildman–Crippen MR) is 93.2 cm³/mol. The maximum absolute atomic E-state index is 12.1. The molecule has 1 aromatic carbocycles. The van der Waals surface area contributed by atoms with E-state index in [1.165, 1.54) is 24.7 Å². The van der Waals surface area contributed by atoms with Crippen LogP contribution in [0.5, 0.6) is 0 Å². The van der Waals surface area contributed by atoms with Crippen LogP contribution in [0.2, 0.25) is 0 Å². The standard InChI is InChI=1S/C18H22N4O3/c1-21-17(23)7-6-16(20-21)18(24)19-12-14-2-4-15(5-3-14)13-22-8-10-25-11-9-22/h2-7H,8-13H2,1H3,(H,19,24). The summed E-state index contributed by atoms with van der Waals surface area (Å²) in [6.07, 6.45) is 0. The molecule has 0 bridgehead atoms. The minimum absolute atomic E-state index is 0.228. The second kappa shape index (κ2) is 8.04. The van der Waals surface area contributed by atoms with Gasteiger partial charge in [-0.25, -0.2) is 4.68 Å². The summed E-state index contributed by atoms with van der Waals surface area (Å²) in [7, 11) is 1.52. The van der Waals surface area contributed by atoms with Crippen LogP contribution in [0.3, 0.4) is 0 Å². The Kier molecular flexibility index (Phi) is 5.57. The Morgan fingerprint density at radius 2 is 1.80 bits per heavy atom. The quantitative estimate of drug-likeness (QED) is 0.858. The summed E-state index contributed by atoms with van der Waals surface area (Å²) in [4.78, 5) is 25.8. The van der Waals surface area contributed by atoms with E-state index in [1.807, 2.05) is 12.1 Å². The summed E-state index contributed by atoms with van der Waals surface area (Å²) in [5.41, 5.74) is 2.25. The fourth-order valence-corrected chi connectivity index (χ4v) is 2.68. The average molecular weight is 342 g/mol. The molecule has 1 N–H and O–H groups in total. The van der Waals surface area contributed by atoms with E-state index in [9.17, 15) is 9.59 Å². The molecule has 2 aromatic rings. The molecule has 0 atom stereocenters. The average Bonchev–Trinajstić information content (AvgIpc) is 2.64. The van der Waals surface area contributed by atoms with Crippen LogP contribution in [-0.2, 0) is 24.9 Å². The van der Waals surface area contributed by atoms with Gasteiger partial charge in [0.15, 0.2) is 0 Å². The lowest BCUT2D eigenvalue weighted by atomic mass is 10.1. The summed E-state index contributed by atoms with van der Waals surface area (Å²) >= 11 is 0. The van der Waals surface area contributed by atoms with Crippen LogP contribution in [-0.4, -0.2) is 46.9 Å². The number of aryl methyl sites for hydroxylation is 1. The van der Waals surface area contributed by atoms with Gasteiger partial charge in [-0.2, -0.15) is 5.10 Å². The molecule has 1 amide bonds. The van der Waals surface area contributed by atoms with Gasteiger partial charge in [0, 0.05) is 39.3 Å². The van der Waals surface area contributed by atoms with Crippen molar-refractivity contribution in [2.24, 2.45) is 7.05 Å². The number of aromatic nitrogens is 2. The van der Waals surface area contributed by atoms with Crippen LogP contribution >= 0.6 is 0 Å². The van der Waals surface area contributed by atoms with Gasteiger partial charge in [0.05, 0.1) is 13.2 Å². The highest BCUT2D eigenvalue weighted by atomic mass is 16.5. The van der Waals surface area contributed by atoms with Crippen molar-refractivity contribution in [1.82, 2.24) is 20.0 Å². The molecule has 7 heteroatoms. The number of hydrogen-bond donors (Lipinski definition) is 1. The zero-order valence-electron chi connectivity index (χ0n) is 14.3. The Balaban J connectivity index is 1.53. The monoisotopic (exact) mass is 342 g/mol. The zero-order chi connectivity index (χ0) is 17.6. The molecule has 0 radical (unpaired) electrons. The highest BCUT2D eigenvalue weighted by Gasteiger charge is 2.11. The molecule has 1 aromatic heterocycles. The number of rotatable bonds is 5. The molecule has 0 unspecified atom stereocenters. The van der Waals surface area contributed by atoms with E-state index < -0.39 is 0 Å². The second-order valence-electron chi connectivity index (χ2n) is 6.07. The van der Waals surface area contributed by atoms with Crippen LogP contribution < -0.4 is 10.9 Å². The first-order valence-electron chi connectivity index (χ1n) is 8.32. The van der Waals surface area contributed by atoms with E-state index in [4.69, 9.17) is 4.74 Å². The number of carbonyl (C=O) groups is 1. The van der Waals surface area contributed by atoms with Crippen LogP contribution in [0, 0.1) is 0 Å². The topological polar surface area (TPSA) is 76.5 Å². The van der Waals surface area contributed by atoms with Crippen LogP contribution in [0.15, 0.2) is 41.2 Å². The minimum Gasteiger partial charge on any atom is -0.379 e. The molecule has 25 heavy (non-hydrogen) atoms. The molecular weight excluding hydrogens is 320 g/mol. The number of nitrogens with one attached hydrogen (secondary N) is 1. The number of morpholine rings is 1. The van der Waals surface area contributed by atoms with Crippen molar-refractivity contribution in [3.8, 4) is 0 Å². The molecule has 132 valence electrons. The summed E-state index contributed by atoms with van der Waals surface area (Å²) in [5.74, 6) is -0.298. The first-order chi connectivity index (χ1) is 12.1. The van der Waals surface area contributed by atoms with Crippen molar-refractivity contribution >= 4 is 5.91 Å². The highest BCUT2D eigenvalue weighted by molar-refractivity contribution is 5.91. The molecule has 0 aliphatic carbocycles. The molecule has 2 heterocycles. The van der Waals surface area contributed by atoms with Crippen molar-refractivity contribution in [2.75, 3.05) is 26.3 Å². The maximum atomic E-state index is 12.1. The second-order valence-corrected chi connectivity index (χ2v) is 6.07. The summed E-state index contributed by atoms with van der Waals surface area (Å²) in [6.45, 7) is 4.85. The number of amides is 1.